The molecule has 4 heteroatoms. The van der Waals surface area contributed by atoms with Crippen LogP contribution in [0.1, 0.15) is 98.8 Å². The van der Waals surface area contributed by atoms with Crippen LogP contribution < -0.4 is 0 Å². The quantitative estimate of drug-likeness (QED) is 0.415. The van der Waals surface area contributed by atoms with Crippen molar-refractivity contribution >= 4 is 5.78 Å². The molecule has 0 N–H and O–H groups in total. The second kappa shape index (κ2) is 9.16. The lowest BCUT2D eigenvalue weighted by Gasteiger charge is -2.58. The summed E-state index contributed by atoms with van der Waals surface area (Å²) in [6.45, 7) is 16.0. The summed E-state index contributed by atoms with van der Waals surface area (Å²) in [5.74, 6) is 4.18. The molecule has 0 unspecified atom stereocenters. The molecule has 4 nitrogen and oxygen atoms in total. The number of rotatable bonds is 3. The molecule has 3 saturated carbocycles. The first-order chi connectivity index (χ1) is 17.5. The van der Waals surface area contributed by atoms with Gasteiger partial charge in [0.15, 0.2) is 0 Å². The van der Waals surface area contributed by atoms with Crippen LogP contribution in [-0.4, -0.2) is 67.1 Å². The summed E-state index contributed by atoms with van der Waals surface area (Å²) in [6, 6.07) is 0.578. The molecule has 6 rings (SSSR count). The Balaban J connectivity index is 1.26. The fourth-order valence-corrected chi connectivity index (χ4v) is 10.9. The Bertz CT molecular complexity index is 958. The first kappa shape index (κ1) is 26.5. The maximum Gasteiger partial charge on any atom is 0.133 e. The molecule has 0 bridgehead atoms. The van der Waals surface area contributed by atoms with Gasteiger partial charge in [-0.2, -0.15) is 0 Å². The van der Waals surface area contributed by atoms with Gasteiger partial charge < -0.3 is 9.64 Å². The molecular formula is C33H54N2O2. The molecular weight excluding hydrogens is 456 g/mol. The first-order valence-corrected chi connectivity index (χ1v) is 15.7. The average molecular weight is 511 g/mol. The van der Waals surface area contributed by atoms with Gasteiger partial charge in [-0.05, 0) is 107 Å². The lowest BCUT2D eigenvalue weighted by atomic mass is 9.45. The number of hydrogen-bond acceptors (Lipinski definition) is 4. The third kappa shape index (κ3) is 4.05. The van der Waals surface area contributed by atoms with Crippen LogP contribution in [0.3, 0.4) is 0 Å². The molecule has 6 aliphatic rings. The zero-order valence-corrected chi connectivity index (χ0v) is 24.9. The van der Waals surface area contributed by atoms with E-state index >= 15 is 0 Å². The molecule has 1 spiro atoms. The van der Waals surface area contributed by atoms with Gasteiger partial charge >= 0.3 is 0 Å². The fraction of sp³-hybridized carbons (Fsp3) is 0.909. The lowest BCUT2D eigenvalue weighted by Crippen LogP contribution is -2.53. The van der Waals surface area contributed by atoms with Crippen LogP contribution in [-0.2, 0) is 9.53 Å². The summed E-state index contributed by atoms with van der Waals surface area (Å²) in [7, 11) is 4.40. The summed E-state index contributed by atoms with van der Waals surface area (Å²) >= 11 is 0. The Labute approximate surface area is 226 Å². The molecule has 37 heavy (non-hydrogen) atoms. The van der Waals surface area contributed by atoms with E-state index in [1.54, 1.807) is 5.57 Å². The number of hydrogen-bond donors (Lipinski definition) is 0. The number of fused-ring (bicyclic) bond motifs is 6. The highest BCUT2D eigenvalue weighted by molar-refractivity contribution is 5.80. The largest absolute Gasteiger partial charge is 0.369 e. The number of likely N-dealkylation sites (N-methyl/N-ethyl adjacent to an activating group) is 1. The number of ketones is 1. The van der Waals surface area contributed by atoms with Crippen molar-refractivity contribution in [1.29, 1.82) is 0 Å². The Morgan fingerprint density at radius 2 is 1.86 bits per heavy atom. The van der Waals surface area contributed by atoms with Crippen molar-refractivity contribution in [3.05, 3.63) is 11.1 Å². The molecule has 2 heterocycles. The molecule has 0 aromatic heterocycles. The Hall–Kier alpha value is -0.710. The molecule has 4 aliphatic carbocycles. The highest BCUT2D eigenvalue weighted by Crippen LogP contribution is 2.69. The van der Waals surface area contributed by atoms with Gasteiger partial charge in [-0.15, -0.1) is 0 Å². The zero-order chi connectivity index (χ0) is 26.3. The van der Waals surface area contributed by atoms with E-state index in [1.165, 1.54) is 45.1 Å². The normalized spacial score (nSPS) is 50.2. The summed E-state index contributed by atoms with van der Waals surface area (Å²) in [5, 5.41) is 0. The highest BCUT2D eigenvalue weighted by Gasteiger charge is 2.62. The molecule has 0 amide bonds. The Morgan fingerprint density at radius 1 is 1.08 bits per heavy atom. The standard InChI is InChI=1S/C33H54N2O2/c1-21-16-29-30(35(20-21)15-14-34(6)7)23(3)33(37-29)13-10-25-26-9-11-31(4)19-24(36)8-12-32(31,5)28(26)17-27(25)22(2)18-33/h21,23,25-26,28-30H,8-20H2,1-7H3/t21-,23+,25-,26-,28-,29+,30-,31+,32+,33-/m0/s1. The summed E-state index contributed by atoms with van der Waals surface area (Å²) < 4.78 is 7.27. The minimum atomic E-state index is 0.0248. The van der Waals surface area contributed by atoms with Gasteiger partial charge in [-0.25, -0.2) is 0 Å². The second-order valence-electron chi connectivity index (χ2n) is 15.5. The maximum absolute atomic E-state index is 12.5. The fourth-order valence-electron chi connectivity index (χ4n) is 10.9. The van der Waals surface area contributed by atoms with Gasteiger partial charge in [0.1, 0.15) is 5.78 Å². The molecule has 0 radical (unpaired) electrons. The van der Waals surface area contributed by atoms with E-state index in [4.69, 9.17) is 4.74 Å². The number of Topliss-reactive ketones (excluding diaryl/α,β-unsaturated/α-hetero) is 1. The van der Waals surface area contributed by atoms with Crippen LogP contribution in [0.5, 0.6) is 0 Å². The number of allylic oxidation sites excluding steroid dienone is 1. The SMILES string of the molecule is CC1=C2C[C@H]3[C@@H](CC[C@]4(C)CC(=O)CC[C@]34C)[C@@H]2CC[C@@]2(C1)O[C@@H]1C[C@H](C)CN(CCN(C)C)[C@H]1[C@H]2C. The van der Waals surface area contributed by atoms with Crippen LogP contribution in [0.15, 0.2) is 11.1 Å². The van der Waals surface area contributed by atoms with Crippen LogP contribution in [0.2, 0.25) is 0 Å². The van der Waals surface area contributed by atoms with Crippen molar-refractivity contribution < 1.29 is 9.53 Å². The highest BCUT2D eigenvalue weighted by atomic mass is 16.5. The third-order valence-corrected chi connectivity index (χ3v) is 13.2. The van der Waals surface area contributed by atoms with Gasteiger partial charge in [0.2, 0.25) is 0 Å². The molecule has 2 aliphatic heterocycles. The molecule has 0 aromatic carbocycles. The number of carbonyl (C=O) groups excluding carboxylic acids is 1. The van der Waals surface area contributed by atoms with Crippen molar-refractivity contribution in [2.24, 2.45) is 40.4 Å². The van der Waals surface area contributed by atoms with E-state index in [2.05, 4.69) is 58.5 Å². The monoisotopic (exact) mass is 510 g/mol. The van der Waals surface area contributed by atoms with E-state index in [0.717, 1.165) is 62.4 Å². The predicted molar refractivity (Wildman–Crippen MR) is 150 cm³/mol. The lowest BCUT2D eigenvalue weighted by molar-refractivity contribution is -0.142. The molecule has 2 saturated heterocycles. The van der Waals surface area contributed by atoms with Crippen molar-refractivity contribution in [3.8, 4) is 0 Å². The Morgan fingerprint density at radius 3 is 2.62 bits per heavy atom. The van der Waals surface area contributed by atoms with Crippen LogP contribution in [0.4, 0.5) is 0 Å². The summed E-state index contributed by atoms with van der Waals surface area (Å²) in [6.07, 6.45) is 12.0. The zero-order valence-electron chi connectivity index (χ0n) is 24.9. The van der Waals surface area contributed by atoms with Crippen molar-refractivity contribution in [2.45, 2.75) is 117 Å². The van der Waals surface area contributed by atoms with Crippen LogP contribution >= 0.6 is 0 Å². The molecule has 208 valence electrons. The second-order valence-corrected chi connectivity index (χ2v) is 15.5. The van der Waals surface area contributed by atoms with Gasteiger partial charge in [0, 0.05) is 44.4 Å². The number of piperidine rings is 1. The maximum atomic E-state index is 12.5. The van der Waals surface area contributed by atoms with Crippen molar-refractivity contribution in [1.82, 2.24) is 9.80 Å². The minimum Gasteiger partial charge on any atom is -0.369 e. The Kier molecular flexibility index (Phi) is 6.57. The van der Waals surface area contributed by atoms with Crippen LogP contribution in [0, 0.1) is 40.4 Å². The van der Waals surface area contributed by atoms with Gasteiger partial charge in [0.25, 0.3) is 0 Å². The molecule has 0 aromatic rings. The van der Waals surface area contributed by atoms with Gasteiger partial charge in [0.05, 0.1) is 11.7 Å². The number of nitrogens with zero attached hydrogens (tertiary/aromatic N) is 2. The molecule has 10 atom stereocenters. The van der Waals surface area contributed by atoms with Gasteiger partial charge in [-0.3, -0.25) is 9.69 Å². The minimum absolute atomic E-state index is 0.0248. The van der Waals surface area contributed by atoms with E-state index in [9.17, 15) is 4.79 Å². The average Bonchev–Trinajstić information content (AvgIpc) is 3.28. The van der Waals surface area contributed by atoms with Crippen molar-refractivity contribution in [2.75, 3.05) is 33.7 Å². The molecule has 5 fully saturated rings. The predicted octanol–water partition coefficient (Wildman–Crippen LogP) is 6.34. The topological polar surface area (TPSA) is 32.8 Å². The number of ether oxygens (including phenoxy) is 1. The summed E-state index contributed by atoms with van der Waals surface area (Å²) in [4.78, 5) is 17.6. The van der Waals surface area contributed by atoms with E-state index < -0.39 is 0 Å². The van der Waals surface area contributed by atoms with Crippen LogP contribution in [0.25, 0.3) is 0 Å². The number of likely N-dealkylation sites (tertiary alicyclic amines) is 1. The smallest absolute Gasteiger partial charge is 0.133 e. The van der Waals surface area contributed by atoms with Gasteiger partial charge in [-0.1, -0.05) is 38.8 Å². The first-order valence-electron chi connectivity index (χ1n) is 15.7. The van der Waals surface area contributed by atoms with E-state index in [0.29, 0.717) is 29.3 Å². The van der Waals surface area contributed by atoms with E-state index in [1.807, 2.05) is 5.57 Å². The summed E-state index contributed by atoms with van der Waals surface area (Å²) in [5.41, 5.74) is 4.06. The third-order valence-electron chi connectivity index (χ3n) is 13.2. The van der Waals surface area contributed by atoms with Crippen molar-refractivity contribution in [3.63, 3.8) is 0 Å². The number of carbonyl (C=O) groups is 1. The van der Waals surface area contributed by atoms with E-state index in [-0.39, 0.29) is 11.0 Å².